The number of ketones is 1. The number of fused-ring (bicyclic) bond motifs is 1. The lowest BCUT2D eigenvalue weighted by atomic mass is 9.85. The molecule has 1 aliphatic rings. The molecule has 0 aliphatic carbocycles. The molecular weight excluding hydrogens is 424 g/mol. The third-order valence-electron chi connectivity index (χ3n) is 5.94. The number of ether oxygens (including phenoxy) is 1. The molecule has 1 amide bonds. The number of hydrogen-bond donors (Lipinski definition) is 2. The van der Waals surface area contributed by atoms with Gasteiger partial charge in [-0.1, -0.05) is 48.5 Å². The van der Waals surface area contributed by atoms with Crippen molar-refractivity contribution in [2.75, 3.05) is 13.7 Å². The van der Waals surface area contributed by atoms with Crippen molar-refractivity contribution in [3.05, 3.63) is 107 Å². The Morgan fingerprint density at radius 3 is 2.53 bits per heavy atom. The Balaban J connectivity index is 1.51. The van der Waals surface area contributed by atoms with Gasteiger partial charge in [-0.3, -0.25) is 9.59 Å². The third-order valence-corrected chi connectivity index (χ3v) is 5.94. The van der Waals surface area contributed by atoms with Crippen LogP contribution >= 0.6 is 0 Å². The Hall–Kier alpha value is -3.86. The first-order valence-corrected chi connectivity index (χ1v) is 11.5. The standard InChI is InChI=1S/C29H30N2O3/c1-29(2)19-23-12-13-24(34-3)17-25(23)26(31-29)18-27(32)21-10-7-11-22(16-21)28(33)30-15-14-20-8-5-4-6-9-20/h4-13,16-18,31H,14-15,19H2,1-3H3,(H,30,33). The molecule has 0 saturated carbocycles. The number of carbonyl (C=O) groups is 2. The van der Waals surface area contributed by atoms with E-state index in [-0.39, 0.29) is 17.2 Å². The van der Waals surface area contributed by atoms with Gasteiger partial charge in [-0.2, -0.15) is 0 Å². The maximum atomic E-state index is 13.2. The summed E-state index contributed by atoms with van der Waals surface area (Å²) in [7, 11) is 1.63. The van der Waals surface area contributed by atoms with Crippen molar-refractivity contribution >= 4 is 17.4 Å². The molecule has 3 aromatic rings. The lowest BCUT2D eigenvalue weighted by Gasteiger charge is -2.35. The van der Waals surface area contributed by atoms with Gasteiger partial charge in [0.05, 0.1) is 7.11 Å². The van der Waals surface area contributed by atoms with Gasteiger partial charge in [-0.15, -0.1) is 0 Å². The fourth-order valence-corrected chi connectivity index (χ4v) is 4.25. The van der Waals surface area contributed by atoms with Crippen LogP contribution in [0.25, 0.3) is 5.70 Å². The van der Waals surface area contributed by atoms with Crippen LogP contribution in [0.5, 0.6) is 5.75 Å². The van der Waals surface area contributed by atoms with E-state index in [4.69, 9.17) is 4.74 Å². The van der Waals surface area contributed by atoms with E-state index < -0.39 is 0 Å². The van der Waals surface area contributed by atoms with E-state index in [1.165, 1.54) is 0 Å². The molecule has 0 atom stereocenters. The number of methoxy groups -OCH3 is 1. The minimum Gasteiger partial charge on any atom is -0.497 e. The van der Waals surface area contributed by atoms with E-state index in [2.05, 4.69) is 30.5 Å². The number of hydrogen-bond acceptors (Lipinski definition) is 4. The average Bonchev–Trinajstić information content (AvgIpc) is 2.84. The van der Waals surface area contributed by atoms with E-state index in [9.17, 15) is 9.59 Å². The normalized spacial score (nSPS) is 15.2. The van der Waals surface area contributed by atoms with E-state index in [1.807, 2.05) is 42.5 Å². The topological polar surface area (TPSA) is 67.4 Å². The monoisotopic (exact) mass is 454 g/mol. The van der Waals surface area contributed by atoms with Gasteiger partial charge in [0, 0.05) is 40.5 Å². The van der Waals surface area contributed by atoms with Gasteiger partial charge in [-0.25, -0.2) is 0 Å². The largest absolute Gasteiger partial charge is 0.497 e. The van der Waals surface area contributed by atoms with Gasteiger partial charge in [-0.05, 0) is 62.1 Å². The minimum atomic E-state index is -0.190. The molecule has 1 heterocycles. The van der Waals surface area contributed by atoms with Gasteiger partial charge >= 0.3 is 0 Å². The smallest absolute Gasteiger partial charge is 0.251 e. The first kappa shape index (κ1) is 23.3. The van der Waals surface area contributed by atoms with Gasteiger partial charge in [0.25, 0.3) is 5.91 Å². The van der Waals surface area contributed by atoms with Crippen molar-refractivity contribution in [2.24, 2.45) is 0 Å². The van der Waals surface area contributed by atoms with Gasteiger partial charge in [0.2, 0.25) is 0 Å². The van der Waals surface area contributed by atoms with Crippen LogP contribution in [0, 0.1) is 0 Å². The molecule has 5 heteroatoms. The highest BCUT2D eigenvalue weighted by molar-refractivity contribution is 6.10. The highest BCUT2D eigenvalue weighted by atomic mass is 16.5. The molecular formula is C29H30N2O3. The zero-order chi connectivity index (χ0) is 24.1. The lowest BCUT2D eigenvalue weighted by Crippen LogP contribution is -2.43. The lowest BCUT2D eigenvalue weighted by molar-refractivity contribution is 0.0954. The van der Waals surface area contributed by atoms with E-state index in [1.54, 1.807) is 37.5 Å². The number of allylic oxidation sites excluding steroid dienone is 1. The molecule has 0 spiro atoms. The highest BCUT2D eigenvalue weighted by Gasteiger charge is 2.28. The number of nitrogens with one attached hydrogen (secondary N) is 2. The molecule has 5 nitrogen and oxygen atoms in total. The first-order valence-electron chi connectivity index (χ1n) is 11.5. The zero-order valence-corrected chi connectivity index (χ0v) is 19.9. The van der Waals surface area contributed by atoms with Crippen LogP contribution in [-0.2, 0) is 12.8 Å². The highest BCUT2D eigenvalue weighted by Crippen LogP contribution is 2.32. The molecule has 0 radical (unpaired) electrons. The van der Waals surface area contributed by atoms with Crippen LogP contribution in [0.2, 0.25) is 0 Å². The molecule has 4 rings (SSSR count). The minimum absolute atomic E-state index is 0.159. The summed E-state index contributed by atoms with van der Waals surface area (Å²) < 4.78 is 5.39. The first-order chi connectivity index (χ1) is 16.3. The Morgan fingerprint density at radius 1 is 1.00 bits per heavy atom. The Kier molecular flexibility index (Phi) is 6.82. The molecule has 2 N–H and O–H groups in total. The zero-order valence-electron chi connectivity index (χ0n) is 19.9. The van der Waals surface area contributed by atoms with Crippen LogP contribution in [0.1, 0.15) is 51.3 Å². The second kappa shape index (κ2) is 9.96. The molecule has 3 aromatic carbocycles. The summed E-state index contributed by atoms with van der Waals surface area (Å²) in [4.78, 5) is 25.8. The maximum absolute atomic E-state index is 13.2. The summed E-state index contributed by atoms with van der Waals surface area (Å²) in [6.07, 6.45) is 3.21. The quantitative estimate of drug-likeness (QED) is 0.397. The van der Waals surface area contributed by atoms with Crippen LogP contribution in [-0.4, -0.2) is 30.9 Å². The molecule has 174 valence electrons. The summed E-state index contributed by atoms with van der Waals surface area (Å²) in [5.41, 5.74) is 4.80. The summed E-state index contributed by atoms with van der Waals surface area (Å²) in [6.45, 7) is 4.75. The Labute approximate surface area is 200 Å². The van der Waals surface area contributed by atoms with E-state index >= 15 is 0 Å². The van der Waals surface area contributed by atoms with Crippen molar-refractivity contribution in [2.45, 2.75) is 32.2 Å². The fraction of sp³-hybridized carbons (Fsp3) is 0.241. The average molecular weight is 455 g/mol. The number of amides is 1. The predicted octanol–water partition coefficient (Wildman–Crippen LogP) is 4.82. The van der Waals surface area contributed by atoms with Gasteiger partial charge < -0.3 is 15.4 Å². The summed E-state index contributed by atoms with van der Waals surface area (Å²) in [5, 5.41) is 6.43. The van der Waals surface area contributed by atoms with E-state index in [0.29, 0.717) is 17.7 Å². The van der Waals surface area contributed by atoms with Crippen molar-refractivity contribution < 1.29 is 14.3 Å². The molecule has 34 heavy (non-hydrogen) atoms. The number of rotatable bonds is 7. The SMILES string of the molecule is COc1ccc2c(c1)C(=CC(=O)c1cccc(C(=O)NCCc3ccccc3)c1)NC(C)(C)C2. The summed E-state index contributed by atoms with van der Waals surface area (Å²) in [5.74, 6) is 0.394. The molecule has 0 unspecified atom stereocenters. The van der Waals surface area contributed by atoms with Crippen molar-refractivity contribution in [1.82, 2.24) is 10.6 Å². The molecule has 0 aromatic heterocycles. The van der Waals surface area contributed by atoms with Gasteiger partial charge in [0.15, 0.2) is 5.78 Å². The van der Waals surface area contributed by atoms with Crippen molar-refractivity contribution in [3.63, 3.8) is 0 Å². The Morgan fingerprint density at radius 2 is 1.76 bits per heavy atom. The molecule has 0 fully saturated rings. The van der Waals surface area contributed by atoms with Crippen LogP contribution in [0.4, 0.5) is 0 Å². The third kappa shape index (κ3) is 5.54. The number of carbonyl (C=O) groups excluding carboxylic acids is 2. The van der Waals surface area contributed by atoms with E-state index in [0.717, 1.165) is 41.0 Å². The molecule has 0 saturated heterocycles. The van der Waals surface area contributed by atoms with Crippen LogP contribution in [0.3, 0.4) is 0 Å². The maximum Gasteiger partial charge on any atom is 0.251 e. The van der Waals surface area contributed by atoms with Crippen LogP contribution < -0.4 is 15.4 Å². The molecule has 0 bridgehead atoms. The summed E-state index contributed by atoms with van der Waals surface area (Å²) in [6, 6.07) is 22.8. The van der Waals surface area contributed by atoms with Crippen molar-refractivity contribution in [3.8, 4) is 5.75 Å². The van der Waals surface area contributed by atoms with Crippen LogP contribution in [0.15, 0.2) is 78.9 Å². The predicted molar refractivity (Wildman–Crippen MR) is 135 cm³/mol. The molecule has 1 aliphatic heterocycles. The van der Waals surface area contributed by atoms with Crippen molar-refractivity contribution in [1.29, 1.82) is 0 Å². The van der Waals surface area contributed by atoms with Gasteiger partial charge in [0.1, 0.15) is 5.75 Å². The Bertz CT molecular complexity index is 1230. The fourth-order valence-electron chi connectivity index (χ4n) is 4.25. The second-order valence-corrected chi connectivity index (χ2v) is 9.20. The summed E-state index contributed by atoms with van der Waals surface area (Å²) >= 11 is 0. The second-order valence-electron chi connectivity index (χ2n) is 9.20. The number of benzene rings is 3.